The van der Waals surface area contributed by atoms with Gasteiger partial charge in [0.05, 0.1) is 11.7 Å². The molecule has 4 aromatic rings. The van der Waals surface area contributed by atoms with E-state index in [4.69, 9.17) is 0 Å². The number of aromatic nitrogens is 5. The normalized spacial score (nSPS) is 14.6. The van der Waals surface area contributed by atoms with Crippen molar-refractivity contribution in [2.45, 2.75) is 52.9 Å². The van der Waals surface area contributed by atoms with Crippen LogP contribution in [0.1, 0.15) is 62.9 Å². The molecule has 10 heteroatoms. The number of aryl methyl sites for hydroxylation is 4. The number of rotatable bonds is 5. The van der Waals surface area contributed by atoms with E-state index in [9.17, 15) is 18.0 Å². The molecule has 1 aliphatic heterocycles. The van der Waals surface area contributed by atoms with Crippen LogP contribution in [0.15, 0.2) is 42.9 Å². The van der Waals surface area contributed by atoms with Gasteiger partial charge in [-0.1, -0.05) is 0 Å². The molecule has 1 amide bonds. The lowest BCUT2D eigenvalue weighted by Gasteiger charge is -2.35. The van der Waals surface area contributed by atoms with E-state index in [0.29, 0.717) is 41.8 Å². The Morgan fingerprint density at radius 2 is 1.79 bits per heavy atom. The van der Waals surface area contributed by atoms with Gasteiger partial charge in [0.25, 0.3) is 5.91 Å². The maximum absolute atomic E-state index is 14.0. The highest BCUT2D eigenvalue weighted by Gasteiger charge is 2.39. The molecule has 0 unspecified atom stereocenters. The lowest BCUT2D eigenvalue weighted by molar-refractivity contribution is -0.140. The molecule has 38 heavy (non-hydrogen) atoms. The van der Waals surface area contributed by atoms with Gasteiger partial charge in [-0.05, 0) is 80.6 Å². The number of hydrogen-bond acceptors (Lipinski definition) is 4. The summed E-state index contributed by atoms with van der Waals surface area (Å²) in [4.78, 5) is 24.6. The van der Waals surface area contributed by atoms with Crippen molar-refractivity contribution >= 4 is 5.91 Å². The Balaban J connectivity index is 1.64. The molecule has 0 saturated heterocycles. The Morgan fingerprint density at radius 3 is 2.45 bits per heavy atom. The van der Waals surface area contributed by atoms with E-state index in [1.54, 1.807) is 23.2 Å². The van der Waals surface area contributed by atoms with Crippen LogP contribution >= 0.6 is 0 Å². The molecule has 3 aromatic heterocycles. The zero-order valence-electron chi connectivity index (χ0n) is 22.0. The van der Waals surface area contributed by atoms with E-state index < -0.39 is 11.9 Å². The van der Waals surface area contributed by atoms with Crippen LogP contribution in [0.25, 0.3) is 11.1 Å². The van der Waals surface area contributed by atoms with Gasteiger partial charge in [0.15, 0.2) is 5.69 Å². The first-order valence-corrected chi connectivity index (χ1v) is 12.4. The fraction of sp³-hybridized carbons (Fsp3) is 0.357. The highest BCUT2D eigenvalue weighted by atomic mass is 19.4. The van der Waals surface area contributed by atoms with Crippen LogP contribution in [-0.2, 0) is 26.2 Å². The Morgan fingerprint density at radius 1 is 1.05 bits per heavy atom. The standard InChI is InChI=1S/C28H29F3N6O/c1-16-10-17(2)33-25(11-16)18(3)37-8-6-21-22(24-15-35(5)34-26(24)28(29,30)31)12-20(13-23(21)27(37)38)14-36-9-7-32-19(36)4/h7,9-13,15,18H,6,8,14H2,1-5H3/t18-/m0/s1. The summed E-state index contributed by atoms with van der Waals surface area (Å²) >= 11 is 0. The number of pyridine rings is 1. The number of benzene rings is 1. The van der Waals surface area contributed by atoms with Crippen LogP contribution < -0.4 is 0 Å². The molecule has 0 saturated carbocycles. The third-order valence-corrected chi connectivity index (χ3v) is 7.08. The number of carbonyl (C=O) groups excluding carboxylic acids is 1. The van der Waals surface area contributed by atoms with Gasteiger partial charge >= 0.3 is 6.18 Å². The van der Waals surface area contributed by atoms with E-state index in [1.165, 1.54) is 17.9 Å². The summed E-state index contributed by atoms with van der Waals surface area (Å²) in [5.41, 5.74) is 3.85. The van der Waals surface area contributed by atoms with Gasteiger partial charge in [-0.15, -0.1) is 0 Å². The molecule has 1 atom stereocenters. The van der Waals surface area contributed by atoms with Crippen LogP contribution in [0, 0.1) is 20.8 Å². The summed E-state index contributed by atoms with van der Waals surface area (Å²) in [6.45, 7) is 8.44. The van der Waals surface area contributed by atoms with Crippen LogP contribution in [0.4, 0.5) is 13.2 Å². The molecule has 4 heterocycles. The van der Waals surface area contributed by atoms with Crippen molar-refractivity contribution < 1.29 is 18.0 Å². The second kappa shape index (κ2) is 9.41. The molecular weight excluding hydrogens is 493 g/mol. The fourth-order valence-corrected chi connectivity index (χ4v) is 5.29. The van der Waals surface area contributed by atoms with Crippen molar-refractivity contribution in [1.29, 1.82) is 0 Å². The van der Waals surface area contributed by atoms with E-state index >= 15 is 0 Å². The number of carbonyl (C=O) groups is 1. The molecule has 0 radical (unpaired) electrons. The smallest absolute Gasteiger partial charge is 0.331 e. The SMILES string of the molecule is Cc1cc(C)nc([C@H](C)N2CCc3c(cc(Cn4ccnc4C)cc3-c3cn(C)nc3C(F)(F)F)C2=O)c1. The lowest BCUT2D eigenvalue weighted by atomic mass is 9.87. The third-order valence-electron chi connectivity index (χ3n) is 7.08. The Hall–Kier alpha value is -3.95. The van der Waals surface area contributed by atoms with Crippen LogP contribution in [0.5, 0.6) is 0 Å². The first kappa shape index (κ1) is 25.7. The summed E-state index contributed by atoms with van der Waals surface area (Å²) in [6, 6.07) is 7.21. The minimum absolute atomic E-state index is 0.0225. The molecule has 0 N–H and O–H groups in total. The van der Waals surface area contributed by atoms with Gasteiger partial charge in [0.2, 0.25) is 0 Å². The minimum Gasteiger partial charge on any atom is -0.331 e. The minimum atomic E-state index is -4.63. The molecule has 0 bridgehead atoms. The number of hydrogen-bond donors (Lipinski definition) is 0. The zero-order chi connectivity index (χ0) is 27.4. The number of nitrogens with zero attached hydrogens (tertiary/aromatic N) is 6. The molecule has 0 spiro atoms. The lowest BCUT2D eigenvalue weighted by Crippen LogP contribution is -2.40. The van der Waals surface area contributed by atoms with Gasteiger partial charge < -0.3 is 9.47 Å². The molecule has 0 aliphatic carbocycles. The van der Waals surface area contributed by atoms with Crippen LogP contribution in [0.3, 0.4) is 0 Å². The maximum Gasteiger partial charge on any atom is 0.435 e. The van der Waals surface area contributed by atoms with Crippen molar-refractivity contribution in [3.05, 3.63) is 88.0 Å². The first-order chi connectivity index (χ1) is 17.9. The third kappa shape index (κ3) is 4.70. The van der Waals surface area contributed by atoms with Gasteiger partial charge in [-0.2, -0.15) is 18.3 Å². The summed E-state index contributed by atoms with van der Waals surface area (Å²) in [6.07, 6.45) is 0.643. The number of imidazole rings is 1. The van der Waals surface area contributed by atoms with Crippen molar-refractivity contribution in [3.63, 3.8) is 0 Å². The molecular formula is C28H29F3N6O. The van der Waals surface area contributed by atoms with Crippen molar-refractivity contribution in [3.8, 4) is 11.1 Å². The van der Waals surface area contributed by atoms with Gasteiger partial charge in [0, 0.05) is 55.5 Å². The molecule has 7 nitrogen and oxygen atoms in total. The van der Waals surface area contributed by atoms with Gasteiger partial charge in [-0.25, -0.2) is 4.98 Å². The van der Waals surface area contributed by atoms with E-state index in [1.807, 2.05) is 50.6 Å². The average molecular weight is 523 g/mol. The van der Waals surface area contributed by atoms with Gasteiger partial charge in [-0.3, -0.25) is 14.5 Å². The number of amides is 1. The van der Waals surface area contributed by atoms with E-state index in [2.05, 4.69) is 15.1 Å². The molecule has 5 rings (SSSR count). The Labute approximate surface area is 218 Å². The number of fused-ring (bicyclic) bond motifs is 1. The van der Waals surface area contributed by atoms with Crippen LogP contribution in [-0.4, -0.2) is 41.7 Å². The summed E-state index contributed by atoms with van der Waals surface area (Å²) in [5, 5.41) is 3.72. The summed E-state index contributed by atoms with van der Waals surface area (Å²) < 4.78 is 45.0. The maximum atomic E-state index is 14.0. The van der Waals surface area contributed by atoms with E-state index in [0.717, 1.165) is 22.8 Å². The van der Waals surface area contributed by atoms with Crippen molar-refractivity contribution in [2.75, 3.05) is 6.54 Å². The second-order valence-corrected chi connectivity index (χ2v) is 9.97. The predicted molar refractivity (Wildman–Crippen MR) is 137 cm³/mol. The van der Waals surface area contributed by atoms with E-state index in [-0.39, 0.29) is 17.5 Å². The molecule has 198 valence electrons. The summed E-state index contributed by atoms with van der Waals surface area (Å²) in [7, 11) is 1.47. The number of halogens is 3. The monoisotopic (exact) mass is 522 g/mol. The fourth-order valence-electron chi connectivity index (χ4n) is 5.29. The summed E-state index contributed by atoms with van der Waals surface area (Å²) in [5.74, 6) is 0.548. The topological polar surface area (TPSA) is 68.8 Å². The predicted octanol–water partition coefficient (Wildman–Crippen LogP) is 5.43. The zero-order valence-corrected chi connectivity index (χ0v) is 22.0. The Bertz CT molecular complexity index is 1510. The Kier molecular flexibility index (Phi) is 6.36. The highest BCUT2D eigenvalue weighted by Crippen LogP contribution is 2.40. The van der Waals surface area contributed by atoms with Crippen molar-refractivity contribution in [2.24, 2.45) is 7.05 Å². The first-order valence-electron chi connectivity index (χ1n) is 12.4. The number of alkyl halides is 3. The molecule has 1 aromatic carbocycles. The van der Waals surface area contributed by atoms with Gasteiger partial charge in [0.1, 0.15) is 5.82 Å². The average Bonchev–Trinajstić information content (AvgIpc) is 3.43. The highest BCUT2D eigenvalue weighted by molar-refractivity contribution is 5.99. The quantitative estimate of drug-likeness (QED) is 0.351. The largest absolute Gasteiger partial charge is 0.435 e. The van der Waals surface area contributed by atoms with Crippen LogP contribution in [0.2, 0.25) is 0 Å². The molecule has 1 aliphatic rings. The second-order valence-electron chi connectivity index (χ2n) is 9.97. The molecule has 0 fully saturated rings. The van der Waals surface area contributed by atoms with Crippen molar-refractivity contribution in [1.82, 2.24) is 29.2 Å².